The number of pyridine rings is 2. The van der Waals surface area contributed by atoms with Crippen LogP contribution in [0.25, 0.3) is 0 Å². The van der Waals surface area contributed by atoms with E-state index in [4.69, 9.17) is 0 Å². The Morgan fingerprint density at radius 1 is 1.12 bits per heavy atom. The molecule has 0 spiro atoms. The van der Waals surface area contributed by atoms with Gasteiger partial charge in [0.25, 0.3) is 0 Å². The molecule has 17 heavy (non-hydrogen) atoms. The molecule has 0 aliphatic rings. The van der Waals surface area contributed by atoms with Crippen LogP contribution in [0.3, 0.4) is 0 Å². The summed E-state index contributed by atoms with van der Waals surface area (Å²) >= 11 is 0. The van der Waals surface area contributed by atoms with Crippen LogP contribution in [0.4, 0.5) is 0 Å². The zero-order valence-electron chi connectivity index (χ0n) is 8.99. The molecule has 0 fully saturated rings. The molecule has 0 bridgehead atoms. The lowest BCUT2D eigenvalue weighted by molar-refractivity contribution is -0.683. The SMILES string of the molecule is Br.O=C(C[n+]1ccccc1)c1ccccn1.[Br-]. The summed E-state index contributed by atoms with van der Waals surface area (Å²) in [6, 6.07) is 11.0. The van der Waals surface area contributed by atoms with Crippen LogP contribution in [0.2, 0.25) is 0 Å². The molecule has 2 heterocycles. The third kappa shape index (κ3) is 4.75. The number of carbonyl (C=O) groups excluding carboxylic acids is 1. The standard InChI is InChI=1S/C12H11N2O.2BrH/c15-12(11-6-2-3-7-13-11)10-14-8-4-1-5-9-14;;/h1-9H,10H2;2*1H/q+1;;/p-1. The maximum Gasteiger partial charge on any atom is 0.245 e. The highest BCUT2D eigenvalue weighted by molar-refractivity contribution is 8.93. The van der Waals surface area contributed by atoms with Crippen molar-refractivity contribution in [2.45, 2.75) is 6.54 Å². The van der Waals surface area contributed by atoms with Crippen LogP contribution in [0, 0.1) is 0 Å². The first-order chi connectivity index (χ1) is 7.36. The van der Waals surface area contributed by atoms with E-state index in [1.807, 2.05) is 41.2 Å². The predicted octanol–water partition coefficient (Wildman–Crippen LogP) is -1.17. The fourth-order valence-corrected chi connectivity index (χ4v) is 1.31. The smallest absolute Gasteiger partial charge is 0.245 e. The molecule has 0 unspecified atom stereocenters. The Labute approximate surface area is 121 Å². The molecule has 0 atom stereocenters. The summed E-state index contributed by atoms with van der Waals surface area (Å²) in [5.41, 5.74) is 0.508. The minimum atomic E-state index is 0. The summed E-state index contributed by atoms with van der Waals surface area (Å²) in [7, 11) is 0. The van der Waals surface area contributed by atoms with Crippen molar-refractivity contribution in [2.24, 2.45) is 0 Å². The molecular weight excluding hydrogens is 348 g/mol. The van der Waals surface area contributed by atoms with Gasteiger partial charge in [0.1, 0.15) is 5.69 Å². The molecule has 0 aromatic carbocycles. The van der Waals surface area contributed by atoms with Crippen molar-refractivity contribution in [3.63, 3.8) is 0 Å². The van der Waals surface area contributed by atoms with E-state index in [1.165, 1.54) is 0 Å². The van der Waals surface area contributed by atoms with Gasteiger partial charge in [0.2, 0.25) is 12.3 Å². The number of nitrogens with zero attached hydrogens (tertiary/aromatic N) is 2. The second-order valence-electron chi connectivity index (χ2n) is 3.19. The predicted molar refractivity (Wildman–Crippen MR) is 65.5 cm³/mol. The molecule has 5 heteroatoms. The van der Waals surface area contributed by atoms with Gasteiger partial charge in [-0.25, -0.2) is 0 Å². The third-order valence-corrected chi connectivity index (χ3v) is 2.05. The van der Waals surface area contributed by atoms with E-state index in [2.05, 4.69) is 4.98 Å². The number of ketones is 1. The van der Waals surface area contributed by atoms with Gasteiger partial charge in [0.15, 0.2) is 12.4 Å². The second-order valence-corrected chi connectivity index (χ2v) is 3.19. The zero-order valence-corrected chi connectivity index (χ0v) is 12.3. The lowest BCUT2D eigenvalue weighted by atomic mass is 10.2. The van der Waals surface area contributed by atoms with Gasteiger partial charge in [-0.3, -0.25) is 9.78 Å². The van der Waals surface area contributed by atoms with E-state index >= 15 is 0 Å². The Bertz CT molecular complexity index is 449. The van der Waals surface area contributed by atoms with E-state index in [9.17, 15) is 4.79 Å². The zero-order chi connectivity index (χ0) is 10.5. The van der Waals surface area contributed by atoms with Gasteiger partial charge in [-0.15, -0.1) is 17.0 Å². The fraction of sp³-hybridized carbons (Fsp3) is 0.0833. The van der Waals surface area contributed by atoms with E-state index in [-0.39, 0.29) is 39.7 Å². The van der Waals surface area contributed by atoms with Crippen LogP contribution in [-0.2, 0) is 6.54 Å². The van der Waals surface area contributed by atoms with Gasteiger partial charge in [-0.1, -0.05) is 12.1 Å². The van der Waals surface area contributed by atoms with Crippen LogP contribution in [0.5, 0.6) is 0 Å². The summed E-state index contributed by atoms with van der Waals surface area (Å²) in [5.74, 6) is 0.0202. The van der Waals surface area contributed by atoms with Crippen LogP contribution in [0.15, 0.2) is 55.0 Å². The Balaban J connectivity index is 0.00000128. The number of aromatic nitrogens is 2. The number of carbonyl (C=O) groups is 1. The molecule has 2 rings (SSSR count). The third-order valence-electron chi connectivity index (χ3n) is 2.05. The first-order valence-electron chi connectivity index (χ1n) is 4.74. The maximum atomic E-state index is 11.7. The van der Waals surface area contributed by atoms with E-state index in [1.54, 1.807) is 18.3 Å². The highest BCUT2D eigenvalue weighted by Crippen LogP contribution is 1.94. The summed E-state index contributed by atoms with van der Waals surface area (Å²) in [5, 5.41) is 0. The number of halogens is 2. The Morgan fingerprint density at radius 2 is 1.82 bits per heavy atom. The molecule has 0 saturated heterocycles. The van der Waals surface area contributed by atoms with Gasteiger partial charge < -0.3 is 17.0 Å². The number of Topliss-reactive ketones (excluding diaryl/α,β-unsaturated/α-hetero) is 1. The number of rotatable bonds is 3. The molecule has 90 valence electrons. The second kappa shape index (κ2) is 8.08. The first kappa shape index (κ1) is 15.9. The topological polar surface area (TPSA) is 33.8 Å². The van der Waals surface area contributed by atoms with E-state index in [0.717, 1.165) is 0 Å². The van der Waals surface area contributed by atoms with Crippen molar-refractivity contribution in [3.05, 3.63) is 60.7 Å². The van der Waals surface area contributed by atoms with Crippen molar-refractivity contribution in [2.75, 3.05) is 0 Å². The van der Waals surface area contributed by atoms with Crippen LogP contribution >= 0.6 is 17.0 Å². The summed E-state index contributed by atoms with van der Waals surface area (Å²) in [4.78, 5) is 15.7. The van der Waals surface area contributed by atoms with Gasteiger partial charge in [-0.2, -0.15) is 4.57 Å². The summed E-state index contributed by atoms with van der Waals surface area (Å²) in [6.45, 7) is 0.331. The van der Waals surface area contributed by atoms with Crippen molar-refractivity contribution in [1.82, 2.24) is 4.98 Å². The lowest BCUT2D eigenvalue weighted by Crippen LogP contribution is -3.00. The minimum absolute atomic E-state index is 0. The summed E-state index contributed by atoms with van der Waals surface area (Å²) in [6.07, 6.45) is 5.35. The Morgan fingerprint density at radius 3 is 2.41 bits per heavy atom. The molecule has 2 aromatic heterocycles. The molecule has 0 amide bonds. The van der Waals surface area contributed by atoms with Crippen LogP contribution in [0.1, 0.15) is 10.5 Å². The molecule has 0 N–H and O–H groups in total. The number of hydrogen-bond acceptors (Lipinski definition) is 2. The molecule has 0 saturated carbocycles. The molecule has 0 aliphatic carbocycles. The van der Waals surface area contributed by atoms with Gasteiger partial charge in [-0.05, 0) is 12.1 Å². The lowest BCUT2D eigenvalue weighted by Gasteiger charge is -1.95. The average molecular weight is 360 g/mol. The maximum absolute atomic E-state index is 11.7. The quantitative estimate of drug-likeness (QED) is 0.511. The monoisotopic (exact) mass is 358 g/mol. The van der Waals surface area contributed by atoms with E-state index in [0.29, 0.717) is 12.2 Å². The van der Waals surface area contributed by atoms with E-state index < -0.39 is 0 Å². The fourth-order valence-electron chi connectivity index (χ4n) is 1.31. The Hall–Kier alpha value is -1.07. The van der Waals surface area contributed by atoms with Gasteiger partial charge >= 0.3 is 0 Å². The van der Waals surface area contributed by atoms with Crippen LogP contribution < -0.4 is 21.5 Å². The Kier molecular flexibility index (Phi) is 7.58. The normalized spacial score (nSPS) is 8.71. The molecule has 0 radical (unpaired) electrons. The molecular formula is C12H12Br2N2O. The van der Waals surface area contributed by atoms with Crippen LogP contribution in [-0.4, -0.2) is 10.8 Å². The van der Waals surface area contributed by atoms with Crippen molar-refractivity contribution in [1.29, 1.82) is 0 Å². The van der Waals surface area contributed by atoms with Crippen molar-refractivity contribution < 1.29 is 26.3 Å². The minimum Gasteiger partial charge on any atom is -1.00 e. The highest BCUT2D eigenvalue weighted by atomic mass is 79.9. The first-order valence-corrected chi connectivity index (χ1v) is 4.74. The molecule has 0 aliphatic heterocycles. The highest BCUT2D eigenvalue weighted by Gasteiger charge is 2.11. The molecule has 2 aromatic rings. The largest absolute Gasteiger partial charge is 1.00 e. The average Bonchev–Trinajstić information content (AvgIpc) is 2.31. The summed E-state index contributed by atoms with van der Waals surface area (Å²) < 4.78 is 1.83. The van der Waals surface area contributed by atoms with Crippen molar-refractivity contribution >= 4 is 22.8 Å². The van der Waals surface area contributed by atoms with Crippen molar-refractivity contribution in [3.8, 4) is 0 Å². The molecule has 3 nitrogen and oxygen atoms in total. The van der Waals surface area contributed by atoms with Gasteiger partial charge in [0, 0.05) is 18.3 Å². The van der Waals surface area contributed by atoms with Gasteiger partial charge in [0.05, 0.1) is 0 Å². The number of hydrogen-bond donors (Lipinski definition) is 0.